The van der Waals surface area contributed by atoms with Crippen molar-refractivity contribution in [3.05, 3.63) is 58.7 Å². The minimum Gasteiger partial charge on any atom is -0.374 e. The summed E-state index contributed by atoms with van der Waals surface area (Å²) < 4.78 is 36.6. The summed E-state index contributed by atoms with van der Waals surface area (Å²) in [5.74, 6) is 0. The second-order valence-electron chi connectivity index (χ2n) is 9.39. The molecule has 0 aliphatic heterocycles. The van der Waals surface area contributed by atoms with Crippen molar-refractivity contribution < 1.29 is 26.6 Å². The van der Waals surface area contributed by atoms with Crippen molar-refractivity contribution in [2.45, 2.75) is 90.1 Å². The van der Waals surface area contributed by atoms with Gasteiger partial charge >= 0.3 is 17.6 Å². The van der Waals surface area contributed by atoms with Crippen molar-refractivity contribution in [3.8, 4) is 0 Å². The molecule has 2 rings (SSSR count). The second-order valence-corrected chi connectivity index (χ2v) is 20.5. The van der Waals surface area contributed by atoms with Crippen LogP contribution in [-0.4, -0.2) is 57.3 Å². The molecule has 0 saturated heterocycles. The molecule has 0 N–H and O–H groups in total. The van der Waals surface area contributed by atoms with E-state index in [4.69, 9.17) is 26.6 Å². The maximum absolute atomic E-state index is 6.11. The first-order valence-electron chi connectivity index (χ1n) is 15.0. The zero-order chi connectivity index (χ0) is 30.8. The lowest BCUT2D eigenvalue weighted by atomic mass is 10.1. The van der Waals surface area contributed by atoms with Gasteiger partial charge in [-0.3, -0.25) is 0 Å². The third kappa shape index (κ3) is 12.1. The highest BCUT2D eigenvalue weighted by molar-refractivity contribution is 9.26. The number of benzene rings is 2. The predicted octanol–water partition coefficient (Wildman–Crippen LogP) is 9.58. The Bertz CT molecular complexity index is 933. The Morgan fingerprint density at radius 1 is 0.500 bits per heavy atom. The summed E-state index contributed by atoms with van der Waals surface area (Å²) in [5.41, 5.74) is 5.20. The number of aryl methyl sites for hydroxylation is 4. The van der Waals surface area contributed by atoms with Crippen LogP contribution in [0.2, 0.25) is 12.1 Å². The fourth-order valence-corrected chi connectivity index (χ4v) is 16.3. The first-order valence-corrected chi connectivity index (χ1v) is 23.7. The molecule has 0 bridgehead atoms. The van der Waals surface area contributed by atoms with Crippen molar-refractivity contribution in [2.24, 2.45) is 0 Å². The van der Waals surface area contributed by atoms with Gasteiger partial charge in [-0.15, -0.1) is 0 Å². The average Bonchev–Trinajstić information content (AvgIpc) is 2.96. The third-order valence-electron chi connectivity index (χ3n) is 6.44. The summed E-state index contributed by atoms with van der Waals surface area (Å²) in [7, 11) is 1.88. The molecule has 0 unspecified atom stereocenters. The topological polar surface area (TPSA) is 55.4 Å². The zero-order valence-electron chi connectivity index (χ0n) is 26.6. The molecule has 0 heterocycles. The van der Waals surface area contributed by atoms with Crippen molar-refractivity contribution in [1.82, 2.24) is 0 Å². The normalized spacial score (nSPS) is 12.3. The number of rotatable bonds is 23. The largest absolute Gasteiger partial charge is 0.501 e. The molecule has 0 aliphatic rings. The molecule has 0 aliphatic carbocycles. The van der Waals surface area contributed by atoms with Gasteiger partial charge in [-0.05, 0) is 132 Å². The van der Waals surface area contributed by atoms with Crippen LogP contribution in [0.1, 0.15) is 63.8 Å². The van der Waals surface area contributed by atoms with Crippen LogP contribution >= 0.6 is 41.2 Å². The van der Waals surface area contributed by atoms with E-state index in [1.54, 1.807) is 0 Å². The summed E-state index contributed by atoms with van der Waals surface area (Å²) >= 11 is 0. The first kappa shape index (κ1) is 38.2. The van der Waals surface area contributed by atoms with Crippen molar-refractivity contribution >= 4 is 58.8 Å². The van der Waals surface area contributed by atoms with Gasteiger partial charge < -0.3 is 26.6 Å². The van der Waals surface area contributed by atoms with E-state index in [2.05, 4.69) is 50.2 Å². The Balaban J connectivity index is 2.09. The molecule has 12 heteroatoms. The van der Waals surface area contributed by atoms with Gasteiger partial charge in [-0.1, -0.05) is 36.4 Å². The van der Waals surface area contributed by atoms with E-state index in [1.807, 2.05) is 82.8 Å². The molecule has 0 atom stereocenters. The SMILES string of the molecule is CCO[Si](CCc1cccc(C)c1SSSSc1c(C)cccc1CC[Si](OCC)(OCC)OCC)(OCC)OCC. The monoisotopic (exact) mass is 690 g/mol. The maximum Gasteiger partial charge on any atom is 0.501 e. The van der Waals surface area contributed by atoms with Crippen molar-refractivity contribution in [3.63, 3.8) is 0 Å². The van der Waals surface area contributed by atoms with E-state index in [1.165, 1.54) is 32.0 Å². The minimum atomic E-state index is -2.70. The van der Waals surface area contributed by atoms with Gasteiger partial charge in [0.05, 0.1) is 0 Å². The molecular weight excluding hydrogens is 641 g/mol. The average molecular weight is 691 g/mol. The molecular formula is C30H50O6S4Si2. The van der Waals surface area contributed by atoms with Gasteiger partial charge in [0.15, 0.2) is 0 Å². The fourth-order valence-electron chi connectivity index (χ4n) is 4.73. The molecule has 238 valence electrons. The van der Waals surface area contributed by atoms with Crippen LogP contribution < -0.4 is 0 Å². The molecule has 0 saturated carbocycles. The zero-order valence-corrected chi connectivity index (χ0v) is 31.9. The molecule has 0 aromatic heterocycles. The van der Waals surface area contributed by atoms with Crippen molar-refractivity contribution in [2.75, 3.05) is 39.6 Å². The van der Waals surface area contributed by atoms with Gasteiger partial charge in [-0.2, -0.15) is 0 Å². The third-order valence-corrected chi connectivity index (χ3v) is 19.0. The Morgan fingerprint density at radius 3 is 1.10 bits per heavy atom. The number of hydrogen-bond acceptors (Lipinski definition) is 10. The molecule has 0 spiro atoms. The molecule has 0 fully saturated rings. The smallest absolute Gasteiger partial charge is 0.374 e. The molecule has 6 nitrogen and oxygen atoms in total. The summed E-state index contributed by atoms with van der Waals surface area (Å²) in [4.78, 5) is 2.63. The number of hydrogen-bond donors (Lipinski definition) is 0. The van der Waals surface area contributed by atoms with E-state index >= 15 is 0 Å². The van der Waals surface area contributed by atoms with E-state index in [0.29, 0.717) is 39.6 Å². The van der Waals surface area contributed by atoms with Crippen molar-refractivity contribution in [1.29, 1.82) is 0 Å². The highest BCUT2D eigenvalue weighted by Crippen LogP contribution is 2.52. The van der Waals surface area contributed by atoms with Crippen LogP contribution in [0.4, 0.5) is 0 Å². The van der Waals surface area contributed by atoms with Crippen LogP contribution in [0.3, 0.4) is 0 Å². The Kier molecular flexibility index (Phi) is 19.1. The molecule has 0 amide bonds. The molecule has 42 heavy (non-hydrogen) atoms. The maximum atomic E-state index is 6.11. The van der Waals surface area contributed by atoms with E-state index < -0.39 is 17.6 Å². The van der Waals surface area contributed by atoms with E-state index in [-0.39, 0.29) is 0 Å². The van der Waals surface area contributed by atoms with Crippen LogP contribution in [-0.2, 0) is 39.4 Å². The van der Waals surface area contributed by atoms with E-state index in [0.717, 1.165) is 24.9 Å². The van der Waals surface area contributed by atoms with Crippen LogP contribution in [0, 0.1) is 13.8 Å². The van der Waals surface area contributed by atoms with E-state index in [9.17, 15) is 0 Å². The van der Waals surface area contributed by atoms with Crippen LogP contribution in [0.5, 0.6) is 0 Å². The van der Waals surface area contributed by atoms with Gasteiger partial charge in [0, 0.05) is 61.5 Å². The Hall–Kier alpha value is 0.0338. The lowest BCUT2D eigenvalue weighted by Gasteiger charge is -2.28. The summed E-state index contributed by atoms with van der Waals surface area (Å²) in [6.07, 6.45) is 1.73. The lowest BCUT2D eigenvalue weighted by Crippen LogP contribution is -2.46. The highest BCUT2D eigenvalue weighted by atomic mass is 33.7. The second kappa shape index (κ2) is 20.9. The molecule has 0 radical (unpaired) electrons. The van der Waals surface area contributed by atoms with Crippen LogP contribution in [0.25, 0.3) is 0 Å². The molecule has 2 aromatic carbocycles. The standard InChI is InChI=1S/C30H50O6S4Si2/c1-9-31-41(32-10-2,33-11-3)23-21-27-19-15-17-25(7)29(27)37-39-40-38-30-26(8)18-16-20-28(30)22-24-42(34-12-4,35-13-5)36-14-6/h15-20H,9-14,21-24H2,1-8H3. The lowest BCUT2D eigenvalue weighted by molar-refractivity contribution is 0.0706. The van der Waals surface area contributed by atoms with Gasteiger partial charge in [-0.25, -0.2) is 0 Å². The summed E-state index contributed by atoms with van der Waals surface area (Å²) in [6, 6.07) is 14.7. The van der Waals surface area contributed by atoms with Crippen LogP contribution in [0.15, 0.2) is 46.2 Å². The summed E-state index contributed by atoms with van der Waals surface area (Å²) in [5, 5.41) is 0. The van der Waals surface area contributed by atoms with Gasteiger partial charge in [0.1, 0.15) is 0 Å². The Morgan fingerprint density at radius 2 is 0.810 bits per heavy atom. The minimum absolute atomic E-state index is 0.596. The quantitative estimate of drug-likeness (QED) is 0.0640. The highest BCUT2D eigenvalue weighted by Gasteiger charge is 2.41. The predicted molar refractivity (Wildman–Crippen MR) is 188 cm³/mol. The first-order chi connectivity index (χ1) is 20.3. The van der Waals surface area contributed by atoms with Gasteiger partial charge in [0.2, 0.25) is 0 Å². The van der Waals surface area contributed by atoms with Gasteiger partial charge in [0.25, 0.3) is 0 Å². The molecule has 2 aromatic rings. The summed E-state index contributed by atoms with van der Waals surface area (Å²) in [6.45, 7) is 20.0. The Labute approximate surface area is 272 Å². The fraction of sp³-hybridized carbons (Fsp3) is 0.600.